The SMILES string of the molecule is CN1CCCC1c1cn(-c2cccc(C(=O)NC3CC(CF)C3)c2)nn1. The van der Waals surface area contributed by atoms with Gasteiger partial charge < -0.3 is 5.32 Å². The lowest BCUT2D eigenvalue weighted by atomic mass is 9.81. The highest BCUT2D eigenvalue weighted by atomic mass is 19.1. The van der Waals surface area contributed by atoms with Gasteiger partial charge in [-0.1, -0.05) is 11.3 Å². The molecule has 0 spiro atoms. The number of carbonyl (C=O) groups is 1. The normalized spacial score (nSPS) is 25.8. The van der Waals surface area contributed by atoms with E-state index >= 15 is 0 Å². The molecule has 2 heterocycles. The summed E-state index contributed by atoms with van der Waals surface area (Å²) < 4.78 is 14.2. The molecular formula is C19H24FN5O. The van der Waals surface area contributed by atoms with E-state index in [1.165, 1.54) is 6.42 Å². The summed E-state index contributed by atoms with van der Waals surface area (Å²) in [6.07, 6.45) is 5.67. The van der Waals surface area contributed by atoms with E-state index in [-0.39, 0.29) is 24.5 Å². The number of aromatic nitrogens is 3. The lowest BCUT2D eigenvalue weighted by Crippen LogP contribution is -2.44. The van der Waals surface area contributed by atoms with Gasteiger partial charge in [-0.3, -0.25) is 14.1 Å². The molecule has 1 atom stereocenters. The lowest BCUT2D eigenvalue weighted by Gasteiger charge is -2.33. The summed E-state index contributed by atoms with van der Waals surface area (Å²) in [5.74, 6) is -0.0149. The molecule has 1 amide bonds. The number of hydrogen-bond acceptors (Lipinski definition) is 4. The first kappa shape index (κ1) is 17.1. The first-order chi connectivity index (χ1) is 12.6. The van der Waals surface area contributed by atoms with Crippen molar-refractivity contribution >= 4 is 5.91 Å². The molecule has 2 aliphatic rings. The van der Waals surface area contributed by atoms with Crippen LogP contribution in [-0.2, 0) is 0 Å². The zero-order valence-corrected chi connectivity index (χ0v) is 14.9. The molecule has 2 fully saturated rings. The van der Waals surface area contributed by atoms with Crippen molar-refractivity contribution in [2.75, 3.05) is 20.3 Å². The lowest BCUT2D eigenvalue weighted by molar-refractivity contribution is 0.0875. The van der Waals surface area contributed by atoms with Crippen molar-refractivity contribution in [3.05, 3.63) is 41.7 Å². The minimum atomic E-state index is -0.299. The Hall–Kier alpha value is -2.28. The molecule has 2 aromatic rings. The van der Waals surface area contributed by atoms with Crippen molar-refractivity contribution < 1.29 is 9.18 Å². The Morgan fingerprint density at radius 2 is 2.23 bits per heavy atom. The number of likely N-dealkylation sites (tertiary alicyclic amines) is 1. The van der Waals surface area contributed by atoms with Crippen LogP contribution in [0.2, 0.25) is 0 Å². The van der Waals surface area contributed by atoms with E-state index in [0.717, 1.165) is 37.2 Å². The Morgan fingerprint density at radius 1 is 1.38 bits per heavy atom. The summed E-state index contributed by atoms with van der Waals surface area (Å²) in [6.45, 7) is 0.782. The number of benzene rings is 1. The second kappa shape index (κ2) is 7.15. The summed E-state index contributed by atoms with van der Waals surface area (Å²) in [5.41, 5.74) is 2.36. The first-order valence-electron chi connectivity index (χ1n) is 9.24. The standard InChI is InChI=1S/C19H24FN5O/c1-24-7-3-6-18(24)17-12-25(23-22-17)16-5-2-4-14(10-16)19(26)21-15-8-13(9-15)11-20/h2,4-5,10,12-13,15,18H,3,6-9,11H2,1H3,(H,21,26). The Labute approximate surface area is 152 Å². The van der Waals surface area contributed by atoms with Gasteiger partial charge in [-0.05, 0) is 63.4 Å². The van der Waals surface area contributed by atoms with E-state index in [0.29, 0.717) is 11.6 Å². The third kappa shape index (κ3) is 3.35. The molecule has 138 valence electrons. The van der Waals surface area contributed by atoms with Gasteiger partial charge in [0.1, 0.15) is 5.69 Å². The maximum absolute atomic E-state index is 12.5. The second-order valence-corrected chi connectivity index (χ2v) is 7.44. The molecule has 0 radical (unpaired) electrons. The summed E-state index contributed by atoms with van der Waals surface area (Å²) >= 11 is 0. The van der Waals surface area contributed by atoms with Crippen LogP contribution >= 0.6 is 0 Å². The first-order valence-corrected chi connectivity index (χ1v) is 9.24. The molecule has 1 N–H and O–H groups in total. The zero-order chi connectivity index (χ0) is 18.1. The maximum atomic E-state index is 12.5. The number of nitrogens with zero attached hydrogens (tertiary/aromatic N) is 4. The molecule has 1 saturated carbocycles. The van der Waals surface area contributed by atoms with E-state index in [4.69, 9.17) is 0 Å². The van der Waals surface area contributed by atoms with Crippen LogP contribution in [-0.4, -0.2) is 52.1 Å². The number of halogens is 1. The summed E-state index contributed by atoms with van der Waals surface area (Å²) in [4.78, 5) is 14.7. The molecule has 1 aliphatic carbocycles. The number of carbonyl (C=O) groups excluding carboxylic acids is 1. The molecule has 1 aliphatic heterocycles. The van der Waals surface area contributed by atoms with Gasteiger partial charge in [0.25, 0.3) is 5.91 Å². The fourth-order valence-electron chi connectivity index (χ4n) is 3.88. The molecule has 1 aromatic heterocycles. The van der Waals surface area contributed by atoms with Crippen molar-refractivity contribution in [2.45, 2.75) is 37.8 Å². The van der Waals surface area contributed by atoms with Gasteiger partial charge in [0, 0.05) is 11.6 Å². The van der Waals surface area contributed by atoms with Crippen LogP contribution in [0.15, 0.2) is 30.5 Å². The Kier molecular flexibility index (Phi) is 4.72. The van der Waals surface area contributed by atoms with Crippen LogP contribution in [0.4, 0.5) is 4.39 Å². The van der Waals surface area contributed by atoms with E-state index < -0.39 is 0 Å². The van der Waals surface area contributed by atoms with Gasteiger partial charge in [-0.2, -0.15) is 0 Å². The number of amides is 1. The van der Waals surface area contributed by atoms with Gasteiger partial charge in [0.05, 0.1) is 24.6 Å². The van der Waals surface area contributed by atoms with Crippen LogP contribution < -0.4 is 5.32 Å². The van der Waals surface area contributed by atoms with Crippen molar-refractivity contribution in [2.24, 2.45) is 5.92 Å². The highest BCUT2D eigenvalue weighted by Crippen LogP contribution is 2.29. The quantitative estimate of drug-likeness (QED) is 0.893. The number of alkyl halides is 1. The molecular weight excluding hydrogens is 333 g/mol. The monoisotopic (exact) mass is 357 g/mol. The average molecular weight is 357 g/mol. The van der Waals surface area contributed by atoms with Crippen LogP contribution in [0.25, 0.3) is 5.69 Å². The predicted octanol–water partition coefficient (Wildman–Crippen LogP) is 2.51. The van der Waals surface area contributed by atoms with Gasteiger partial charge >= 0.3 is 0 Å². The average Bonchev–Trinajstić information content (AvgIpc) is 3.26. The second-order valence-electron chi connectivity index (χ2n) is 7.44. The minimum Gasteiger partial charge on any atom is -0.349 e. The molecule has 26 heavy (non-hydrogen) atoms. The van der Waals surface area contributed by atoms with Crippen molar-refractivity contribution in [3.8, 4) is 5.69 Å². The van der Waals surface area contributed by atoms with Crippen molar-refractivity contribution in [3.63, 3.8) is 0 Å². The third-order valence-electron chi connectivity index (χ3n) is 5.53. The molecule has 7 heteroatoms. The highest BCUT2D eigenvalue weighted by Gasteiger charge is 2.30. The third-order valence-corrected chi connectivity index (χ3v) is 5.53. The summed E-state index contributed by atoms with van der Waals surface area (Å²) in [6, 6.07) is 7.76. The van der Waals surface area contributed by atoms with Gasteiger partial charge in [0.2, 0.25) is 0 Å². The van der Waals surface area contributed by atoms with Gasteiger partial charge in [-0.25, -0.2) is 4.68 Å². The maximum Gasteiger partial charge on any atom is 0.251 e. The Morgan fingerprint density at radius 3 is 2.96 bits per heavy atom. The molecule has 1 unspecified atom stereocenters. The van der Waals surface area contributed by atoms with Crippen LogP contribution in [0.3, 0.4) is 0 Å². The molecule has 1 saturated heterocycles. The van der Waals surface area contributed by atoms with Crippen molar-refractivity contribution in [1.29, 1.82) is 0 Å². The van der Waals surface area contributed by atoms with Gasteiger partial charge in [0.15, 0.2) is 0 Å². The summed E-state index contributed by atoms with van der Waals surface area (Å²) in [5, 5.41) is 11.5. The topological polar surface area (TPSA) is 63.1 Å². The Bertz CT molecular complexity index is 786. The van der Waals surface area contributed by atoms with Crippen molar-refractivity contribution in [1.82, 2.24) is 25.2 Å². The smallest absolute Gasteiger partial charge is 0.251 e. The number of rotatable bonds is 5. The van der Waals surface area contributed by atoms with E-state index in [1.54, 1.807) is 10.7 Å². The number of hydrogen-bond donors (Lipinski definition) is 1. The minimum absolute atomic E-state index is 0.0859. The fraction of sp³-hybridized carbons (Fsp3) is 0.526. The van der Waals surface area contributed by atoms with E-state index in [2.05, 4.69) is 27.6 Å². The zero-order valence-electron chi connectivity index (χ0n) is 14.9. The van der Waals surface area contributed by atoms with Crippen LogP contribution in [0.1, 0.15) is 47.8 Å². The fourth-order valence-corrected chi connectivity index (χ4v) is 3.88. The number of nitrogens with one attached hydrogen (secondary N) is 1. The predicted molar refractivity (Wildman–Crippen MR) is 95.9 cm³/mol. The summed E-state index contributed by atoms with van der Waals surface area (Å²) in [7, 11) is 2.11. The molecule has 0 bridgehead atoms. The molecule has 4 rings (SSSR count). The molecule has 1 aromatic carbocycles. The van der Waals surface area contributed by atoms with E-state index in [1.807, 2.05) is 24.4 Å². The highest BCUT2D eigenvalue weighted by molar-refractivity contribution is 5.95. The van der Waals surface area contributed by atoms with Gasteiger partial charge in [-0.15, -0.1) is 5.10 Å². The van der Waals surface area contributed by atoms with Crippen LogP contribution in [0.5, 0.6) is 0 Å². The van der Waals surface area contributed by atoms with Crippen LogP contribution in [0, 0.1) is 5.92 Å². The van der Waals surface area contributed by atoms with E-state index in [9.17, 15) is 9.18 Å². The Balaban J connectivity index is 1.46. The largest absolute Gasteiger partial charge is 0.349 e. The molecule has 6 nitrogen and oxygen atoms in total.